The van der Waals surface area contributed by atoms with Gasteiger partial charge in [-0.15, -0.1) is 0 Å². The molecule has 1 unspecified atom stereocenters. The molecule has 64 heavy (non-hydrogen) atoms. The molecule has 0 aliphatic carbocycles. The number of pyridine rings is 1. The Morgan fingerprint density at radius 1 is 0.781 bits per heavy atom. The Morgan fingerprint density at radius 3 is 1.81 bits per heavy atom. The first kappa shape index (κ1) is 51.4. The van der Waals surface area contributed by atoms with Crippen LogP contribution in [0.1, 0.15) is 99.6 Å². The summed E-state index contributed by atoms with van der Waals surface area (Å²) in [5.41, 5.74) is 0.756. The molecule has 2 saturated heterocycles. The molecule has 18 heteroatoms. The summed E-state index contributed by atoms with van der Waals surface area (Å²) < 4.78 is 32.6. The predicted octanol–water partition coefficient (Wildman–Crippen LogP) is 10.7. The van der Waals surface area contributed by atoms with E-state index in [1.165, 1.54) is 4.90 Å². The first-order valence-corrected chi connectivity index (χ1v) is 30.9. The van der Waals surface area contributed by atoms with Crippen LogP contribution in [-0.2, 0) is 28.5 Å². The van der Waals surface area contributed by atoms with Gasteiger partial charge >= 0.3 is 18.2 Å². The average Bonchev–Trinajstić information content (AvgIpc) is 3.67. The maximum atomic E-state index is 13.5. The van der Waals surface area contributed by atoms with Gasteiger partial charge in [0.2, 0.25) is 0 Å². The molecule has 0 saturated carbocycles. The SMILES string of the molecule is CC(C)(C)OC(=O)CN(C(=O)OC(C)(C)C)c1ccc(-c2cnn3c(N(COCC[Si](C)(C)C)COCC[Si](C)(C)C)c(Br)c(C4C[C@H]5CC[C@@H](C4)N5C(=O)OC(C)(C)C)nc23)cn1. The van der Waals surface area contributed by atoms with Gasteiger partial charge in [-0.2, -0.15) is 9.61 Å². The van der Waals surface area contributed by atoms with Gasteiger partial charge in [0, 0.05) is 64.7 Å². The maximum Gasteiger partial charge on any atom is 0.416 e. The number of aromatic nitrogens is 4. The summed E-state index contributed by atoms with van der Waals surface area (Å²) >= 11 is 4.06. The van der Waals surface area contributed by atoms with Crippen molar-refractivity contribution in [1.29, 1.82) is 0 Å². The molecule has 356 valence electrons. The van der Waals surface area contributed by atoms with Crippen LogP contribution in [0.15, 0.2) is 29.0 Å². The van der Waals surface area contributed by atoms with Gasteiger partial charge in [-0.05, 0) is 128 Å². The van der Waals surface area contributed by atoms with Crippen molar-refractivity contribution in [2.45, 2.75) is 174 Å². The van der Waals surface area contributed by atoms with E-state index in [0.29, 0.717) is 24.4 Å². The first-order valence-electron chi connectivity index (χ1n) is 22.7. The number of carbonyl (C=O) groups is 3. The number of rotatable bonds is 16. The van der Waals surface area contributed by atoms with E-state index in [-0.39, 0.29) is 49.9 Å². The second kappa shape index (κ2) is 20.1. The number of anilines is 2. The van der Waals surface area contributed by atoms with Crippen molar-refractivity contribution >= 4 is 67.5 Å². The van der Waals surface area contributed by atoms with Crippen LogP contribution in [0.2, 0.25) is 51.4 Å². The molecule has 5 rings (SSSR count). The summed E-state index contributed by atoms with van der Waals surface area (Å²) in [4.78, 5) is 55.4. The summed E-state index contributed by atoms with van der Waals surface area (Å²) in [7, 11) is -2.73. The van der Waals surface area contributed by atoms with E-state index >= 15 is 0 Å². The van der Waals surface area contributed by atoms with Crippen molar-refractivity contribution < 1.29 is 38.1 Å². The molecular formula is C46H74BrN7O8Si2. The minimum absolute atomic E-state index is 0.0209. The number of nitrogens with zero attached hydrogens (tertiary/aromatic N) is 7. The third-order valence-corrected chi connectivity index (χ3v) is 14.9. The fourth-order valence-electron chi connectivity index (χ4n) is 7.76. The number of carbonyl (C=O) groups excluding carboxylic acids is 3. The summed E-state index contributed by atoms with van der Waals surface area (Å²) in [5, 5.41) is 4.95. The van der Waals surface area contributed by atoms with Crippen LogP contribution in [0, 0.1) is 0 Å². The normalized spacial score (nSPS) is 18.3. The zero-order valence-corrected chi connectivity index (χ0v) is 44.7. The van der Waals surface area contributed by atoms with E-state index in [9.17, 15) is 14.4 Å². The van der Waals surface area contributed by atoms with Crippen LogP contribution in [-0.4, -0.2) is 121 Å². The molecule has 2 aliphatic rings. The fourth-order valence-corrected chi connectivity index (χ4v) is 10.1. The Bertz CT molecular complexity index is 2070. The van der Waals surface area contributed by atoms with Crippen LogP contribution in [0.25, 0.3) is 16.8 Å². The number of ether oxygens (including phenoxy) is 5. The molecule has 0 aromatic carbocycles. The van der Waals surface area contributed by atoms with E-state index in [4.69, 9.17) is 38.8 Å². The van der Waals surface area contributed by atoms with E-state index in [2.05, 4.69) is 60.1 Å². The topological polar surface area (TPSA) is 150 Å². The molecule has 2 aliphatic heterocycles. The van der Waals surface area contributed by atoms with Crippen molar-refractivity contribution in [2.24, 2.45) is 0 Å². The largest absolute Gasteiger partial charge is 0.459 e. The van der Waals surface area contributed by atoms with Crippen LogP contribution >= 0.6 is 15.9 Å². The van der Waals surface area contributed by atoms with Crippen LogP contribution < -0.4 is 9.80 Å². The number of piperidine rings is 1. The quantitative estimate of drug-likeness (QED) is 0.0442. The Kier molecular flexibility index (Phi) is 16.1. The second-order valence-electron chi connectivity index (χ2n) is 22.7. The van der Waals surface area contributed by atoms with Crippen LogP contribution in [0.5, 0.6) is 0 Å². The van der Waals surface area contributed by atoms with Gasteiger partial charge < -0.3 is 33.5 Å². The average molecular weight is 989 g/mol. The highest BCUT2D eigenvalue weighted by atomic mass is 79.9. The molecule has 0 N–H and O–H groups in total. The van der Waals surface area contributed by atoms with E-state index in [1.807, 2.05) is 36.3 Å². The minimum atomic E-state index is -1.36. The number of hydrogen-bond donors (Lipinski definition) is 0. The van der Waals surface area contributed by atoms with Crippen molar-refractivity contribution in [3.05, 3.63) is 34.7 Å². The van der Waals surface area contributed by atoms with Crippen LogP contribution in [0.4, 0.5) is 21.2 Å². The minimum Gasteiger partial charge on any atom is -0.459 e. The maximum absolute atomic E-state index is 13.5. The zero-order valence-electron chi connectivity index (χ0n) is 41.1. The highest BCUT2D eigenvalue weighted by Crippen LogP contribution is 2.47. The smallest absolute Gasteiger partial charge is 0.416 e. The number of fused-ring (bicyclic) bond motifs is 3. The Balaban J connectivity index is 1.59. The van der Waals surface area contributed by atoms with Gasteiger partial charge in [0.1, 0.15) is 42.6 Å². The number of halogens is 1. The molecule has 0 spiro atoms. The lowest BCUT2D eigenvalue weighted by Crippen LogP contribution is -2.48. The number of amides is 2. The van der Waals surface area contributed by atoms with E-state index < -0.39 is 45.0 Å². The third kappa shape index (κ3) is 14.5. The summed E-state index contributed by atoms with van der Waals surface area (Å²) in [5.74, 6) is 0.412. The molecule has 2 amide bonds. The van der Waals surface area contributed by atoms with Crippen LogP contribution in [0.3, 0.4) is 0 Å². The molecule has 3 aromatic rings. The molecule has 3 aromatic heterocycles. The first-order chi connectivity index (χ1) is 29.5. The summed E-state index contributed by atoms with van der Waals surface area (Å²) in [6, 6.07) is 5.60. The standard InChI is InChI=1S/C46H74BrN7O8Si2/c1-44(2,3)60-37(55)28-52(42(56)61-45(4,5)6)36-19-16-31(26-48-36)35-27-49-54-40(35)50-39(32-24-33-17-18-34(25-32)53(33)43(57)62-46(7,8)9)38(47)41(54)51(29-58-20-22-63(10,11)12)30-59-21-23-64(13,14)15/h16,19,26-27,32-34H,17-18,20-25,28-30H2,1-15H3/t32?,33-,34+. The number of esters is 1. The van der Waals surface area contributed by atoms with Crippen molar-refractivity contribution in [1.82, 2.24) is 24.5 Å². The summed E-state index contributed by atoms with van der Waals surface area (Å²) in [6.07, 6.45) is 5.71. The fraction of sp³-hybridized carbons (Fsp3) is 0.696. The molecule has 2 bridgehead atoms. The molecule has 3 atom stereocenters. The Hall–Kier alpha value is -3.59. The third-order valence-electron chi connectivity index (χ3n) is 10.8. The Labute approximate surface area is 391 Å². The van der Waals surface area contributed by atoms with Gasteiger partial charge in [0.25, 0.3) is 0 Å². The lowest BCUT2D eigenvalue weighted by molar-refractivity contribution is -0.153. The highest BCUT2D eigenvalue weighted by molar-refractivity contribution is 9.10. The number of hydrogen-bond acceptors (Lipinski definition) is 12. The monoisotopic (exact) mass is 987 g/mol. The van der Waals surface area contributed by atoms with Crippen molar-refractivity contribution in [2.75, 3.05) is 43.0 Å². The predicted molar refractivity (Wildman–Crippen MR) is 261 cm³/mol. The molecule has 5 heterocycles. The Morgan fingerprint density at radius 2 is 1.33 bits per heavy atom. The van der Waals surface area contributed by atoms with E-state index in [1.54, 1.807) is 60.0 Å². The van der Waals surface area contributed by atoms with Gasteiger partial charge in [0.05, 0.1) is 16.4 Å². The van der Waals surface area contributed by atoms with Gasteiger partial charge in [-0.1, -0.05) is 39.3 Å². The lowest BCUT2D eigenvalue weighted by Gasteiger charge is -2.39. The molecular weight excluding hydrogens is 915 g/mol. The van der Waals surface area contributed by atoms with Gasteiger partial charge in [0.15, 0.2) is 11.5 Å². The molecule has 15 nitrogen and oxygen atoms in total. The summed E-state index contributed by atoms with van der Waals surface area (Å²) in [6.45, 7) is 31.8. The van der Waals surface area contributed by atoms with Crippen molar-refractivity contribution in [3.63, 3.8) is 0 Å². The lowest BCUT2D eigenvalue weighted by atomic mass is 9.88. The van der Waals surface area contributed by atoms with Gasteiger partial charge in [-0.25, -0.2) is 19.6 Å². The molecule has 0 radical (unpaired) electrons. The second-order valence-corrected chi connectivity index (χ2v) is 34.7. The van der Waals surface area contributed by atoms with Gasteiger partial charge in [-0.3, -0.25) is 9.69 Å². The van der Waals surface area contributed by atoms with Crippen molar-refractivity contribution in [3.8, 4) is 11.1 Å². The zero-order chi connectivity index (χ0) is 47.6. The molecule has 2 fully saturated rings. The highest BCUT2D eigenvalue weighted by Gasteiger charge is 2.46. The van der Waals surface area contributed by atoms with E-state index in [0.717, 1.165) is 59.3 Å².